The van der Waals surface area contributed by atoms with Crippen molar-refractivity contribution in [3.8, 4) is 11.4 Å². The maximum absolute atomic E-state index is 11.3. The van der Waals surface area contributed by atoms with Crippen LogP contribution in [0.3, 0.4) is 0 Å². The number of aromatic amines is 1. The zero-order valence-electron chi connectivity index (χ0n) is 11.4. The van der Waals surface area contributed by atoms with Gasteiger partial charge in [-0.2, -0.15) is 0 Å². The Hall–Kier alpha value is -3.21. The van der Waals surface area contributed by atoms with Crippen LogP contribution in [0.25, 0.3) is 33.3 Å². The maximum Gasteiger partial charge on any atom is 0.337 e. The van der Waals surface area contributed by atoms with Gasteiger partial charge >= 0.3 is 5.97 Å². The standard InChI is InChI=1S/C17H11N3O2/c21-17(22)12-5-3-7-14-15(12)20-16(19-14)11-8-10-4-1-2-6-13(10)18-9-11/h1-9H,(H,19,20)(H,21,22). The number of nitrogens with one attached hydrogen (secondary N) is 1. The first-order valence-corrected chi connectivity index (χ1v) is 6.79. The minimum absolute atomic E-state index is 0.189. The molecule has 0 aliphatic heterocycles. The van der Waals surface area contributed by atoms with Gasteiger partial charge in [0, 0.05) is 17.1 Å². The van der Waals surface area contributed by atoms with Crippen molar-refractivity contribution < 1.29 is 9.90 Å². The Morgan fingerprint density at radius 1 is 1.09 bits per heavy atom. The number of carboxylic acid groups (broad SMARTS) is 1. The first-order valence-electron chi connectivity index (χ1n) is 6.79. The number of benzene rings is 2. The topological polar surface area (TPSA) is 78.9 Å². The van der Waals surface area contributed by atoms with Crippen LogP contribution in [0, 0.1) is 0 Å². The highest BCUT2D eigenvalue weighted by molar-refractivity contribution is 6.01. The smallest absolute Gasteiger partial charge is 0.337 e. The zero-order valence-corrected chi connectivity index (χ0v) is 11.4. The van der Waals surface area contributed by atoms with Gasteiger partial charge in [0.1, 0.15) is 11.3 Å². The van der Waals surface area contributed by atoms with E-state index in [-0.39, 0.29) is 5.56 Å². The molecule has 2 aromatic carbocycles. The number of imidazole rings is 1. The Morgan fingerprint density at radius 2 is 1.95 bits per heavy atom. The lowest BCUT2D eigenvalue weighted by Gasteiger charge is -1.99. The molecule has 0 saturated heterocycles. The molecule has 0 fully saturated rings. The summed E-state index contributed by atoms with van der Waals surface area (Å²) in [6, 6.07) is 14.9. The molecule has 0 amide bonds. The molecule has 4 rings (SSSR count). The molecule has 0 spiro atoms. The van der Waals surface area contributed by atoms with Crippen molar-refractivity contribution in [3.63, 3.8) is 0 Å². The minimum Gasteiger partial charge on any atom is -0.478 e. The molecule has 0 radical (unpaired) electrons. The molecule has 0 unspecified atom stereocenters. The van der Waals surface area contributed by atoms with Crippen LogP contribution in [0.1, 0.15) is 10.4 Å². The van der Waals surface area contributed by atoms with Crippen LogP contribution in [0.15, 0.2) is 54.7 Å². The lowest BCUT2D eigenvalue weighted by Crippen LogP contribution is -1.96. The highest BCUT2D eigenvalue weighted by Gasteiger charge is 2.13. The Bertz CT molecular complexity index is 1020. The van der Waals surface area contributed by atoms with E-state index in [1.54, 1.807) is 18.3 Å². The quantitative estimate of drug-likeness (QED) is 0.592. The van der Waals surface area contributed by atoms with E-state index in [2.05, 4.69) is 15.0 Å². The Kier molecular flexibility index (Phi) is 2.66. The van der Waals surface area contributed by atoms with Crippen molar-refractivity contribution in [2.75, 3.05) is 0 Å². The van der Waals surface area contributed by atoms with Gasteiger partial charge < -0.3 is 10.1 Å². The van der Waals surface area contributed by atoms with E-state index in [1.165, 1.54) is 0 Å². The van der Waals surface area contributed by atoms with Crippen molar-refractivity contribution in [3.05, 3.63) is 60.3 Å². The second-order valence-electron chi connectivity index (χ2n) is 5.01. The van der Waals surface area contributed by atoms with Crippen molar-refractivity contribution in [1.29, 1.82) is 0 Å². The summed E-state index contributed by atoms with van der Waals surface area (Å²) in [5, 5.41) is 10.3. The summed E-state index contributed by atoms with van der Waals surface area (Å²) < 4.78 is 0. The highest BCUT2D eigenvalue weighted by atomic mass is 16.4. The summed E-state index contributed by atoms with van der Waals surface area (Å²) in [6.07, 6.45) is 1.74. The van der Waals surface area contributed by atoms with E-state index in [0.29, 0.717) is 16.9 Å². The van der Waals surface area contributed by atoms with Crippen LogP contribution < -0.4 is 0 Å². The molecule has 0 saturated carbocycles. The number of aromatic nitrogens is 3. The molecular formula is C17H11N3O2. The zero-order chi connectivity index (χ0) is 15.1. The number of nitrogens with zero attached hydrogens (tertiary/aromatic N) is 2. The fraction of sp³-hybridized carbons (Fsp3) is 0. The van der Waals surface area contributed by atoms with E-state index in [9.17, 15) is 9.90 Å². The van der Waals surface area contributed by atoms with Crippen LogP contribution in [-0.2, 0) is 0 Å². The Labute approximate surface area is 125 Å². The van der Waals surface area contributed by atoms with Crippen LogP contribution in [0.5, 0.6) is 0 Å². The van der Waals surface area contributed by atoms with Gasteiger partial charge in [-0.05, 0) is 24.3 Å². The molecule has 0 bridgehead atoms. The molecule has 22 heavy (non-hydrogen) atoms. The van der Waals surface area contributed by atoms with Crippen molar-refractivity contribution in [2.24, 2.45) is 0 Å². The Balaban J connectivity index is 1.92. The highest BCUT2D eigenvalue weighted by Crippen LogP contribution is 2.24. The first kappa shape index (κ1) is 12.5. The number of rotatable bonds is 2. The van der Waals surface area contributed by atoms with Crippen LogP contribution >= 0.6 is 0 Å². The number of para-hydroxylation sites is 2. The number of H-pyrrole nitrogens is 1. The predicted octanol–water partition coefficient (Wildman–Crippen LogP) is 3.48. The van der Waals surface area contributed by atoms with Crippen molar-refractivity contribution in [1.82, 2.24) is 15.0 Å². The third-order valence-corrected chi connectivity index (χ3v) is 3.61. The minimum atomic E-state index is -0.986. The van der Waals surface area contributed by atoms with E-state index < -0.39 is 5.97 Å². The number of pyridine rings is 1. The summed E-state index contributed by atoms with van der Waals surface area (Å²) in [6.45, 7) is 0. The molecule has 2 aromatic heterocycles. The van der Waals surface area contributed by atoms with E-state index in [0.717, 1.165) is 16.5 Å². The van der Waals surface area contributed by atoms with Gasteiger partial charge in [0.25, 0.3) is 0 Å². The SMILES string of the molecule is O=C(O)c1cccc2[nH]c(-c3cnc4ccccc4c3)nc12. The number of hydrogen-bond donors (Lipinski definition) is 2. The normalized spacial score (nSPS) is 11.1. The van der Waals surface area contributed by atoms with E-state index >= 15 is 0 Å². The number of fused-ring (bicyclic) bond motifs is 2. The molecule has 2 heterocycles. The van der Waals surface area contributed by atoms with Crippen molar-refractivity contribution >= 4 is 27.9 Å². The molecule has 4 aromatic rings. The summed E-state index contributed by atoms with van der Waals surface area (Å²) in [4.78, 5) is 23.3. The van der Waals surface area contributed by atoms with E-state index in [4.69, 9.17) is 0 Å². The second kappa shape index (κ2) is 4.66. The maximum atomic E-state index is 11.3. The summed E-state index contributed by atoms with van der Waals surface area (Å²) in [5.41, 5.74) is 3.08. The average molecular weight is 289 g/mol. The molecule has 0 aliphatic rings. The second-order valence-corrected chi connectivity index (χ2v) is 5.01. The molecule has 5 nitrogen and oxygen atoms in total. The van der Waals surface area contributed by atoms with Crippen LogP contribution in [-0.4, -0.2) is 26.0 Å². The summed E-state index contributed by atoms with van der Waals surface area (Å²) in [5.74, 6) is -0.373. The van der Waals surface area contributed by atoms with Crippen molar-refractivity contribution in [2.45, 2.75) is 0 Å². The third kappa shape index (κ3) is 1.91. The number of carboxylic acids is 1. The van der Waals surface area contributed by atoms with Gasteiger partial charge in [0.2, 0.25) is 0 Å². The van der Waals surface area contributed by atoms with Gasteiger partial charge in [0.05, 0.1) is 16.6 Å². The number of carbonyl (C=O) groups is 1. The van der Waals surface area contributed by atoms with Crippen LogP contribution in [0.4, 0.5) is 0 Å². The predicted molar refractivity (Wildman–Crippen MR) is 83.8 cm³/mol. The monoisotopic (exact) mass is 289 g/mol. The molecule has 2 N–H and O–H groups in total. The number of hydrogen-bond acceptors (Lipinski definition) is 3. The Morgan fingerprint density at radius 3 is 2.82 bits per heavy atom. The summed E-state index contributed by atoms with van der Waals surface area (Å²) in [7, 11) is 0. The van der Waals surface area contributed by atoms with Gasteiger partial charge in [-0.1, -0.05) is 24.3 Å². The fourth-order valence-corrected chi connectivity index (χ4v) is 2.54. The average Bonchev–Trinajstić information content (AvgIpc) is 2.98. The molecule has 0 atom stereocenters. The van der Waals surface area contributed by atoms with E-state index in [1.807, 2.05) is 36.4 Å². The third-order valence-electron chi connectivity index (χ3n) is 3.61. The molecular weight excluding hydrogens is 278 g/mol. The molecule has 106 valence electrons. The van der Waals surface area contributed by atoms with Gasteiger partial charge in [-0.15, -0.1) is 0 Å². The largest absolute Gasteiger partial charge is 0.478 e. The van der Waals surface area contributed by atoms with Gasteiger partial charge in [-0.3, -0.25) is 4.98 Å². The number of aromatic carboxylic acids is 1. The van der Waals surface area contributed by atoms with Gasteiger partial charge in [0.15, 0.2) is 0 Å². The lowest BCUT2D eigenvalue weighted by atomic mass is 10.1. The molecule has 5 heteroatoms. The van der Waals surface area contributed by atoms with Crippen LogP contribution in [0.2, 0.25) is 0 Å². The fourth-order valence-electron chi connectivity index (χ4n) is 2.54. The summed E-state index contributed by atoms with van der Waals surface area (Å²) >= 11 is 0. The van der Waals surface area contributed by atoms with Gasteiger partial charge in [-0.25, -0.2) is 9.78 Å². The lowest BCUT2D eigenvalue weighted by molar-refractivity contribution is 0.0699. The first-order chi connectivity index (χ1) is 10.7. The molecule has 0 aliphatic carbocycles.